The molecule has 0 saturated heterocycles. The summed E-state index contributed by atoms with van der Waals surface area (Å²) in [5.74, 6) is 0. The maximum atomic E-state index is 11.4. The molecule has 0 fully saturated rings. The second kappa shape index (κ2) is 4.20. The van der Waals surface area contributed by atoms with E-state index in [9.17, 15) is 13.5 Å². The van der Waals surface area contributed by atoms with Crippen molar-refractivity contribution in [3.63, 3.8) is 0 Å². The van der Waals surface area contributed by atoms with Crippen LogP contribution in [0.3, 0.4) is 0 Å². The molecule has 1 atom stereocenters. The standard InChI is InChI=1S/C10H15NO3S/c1-8(12)9-6-4-5-7-10(9)11(2)15(3,13)14/h4-8,12H,1-3H3. The molecule has 1 rings (SSSR count). The molecule has 1 N–H and O–H groups in total. The zero-order valence-corrected chi connectivity index (χ0v) is 9.82. The minimum Gasteiger partial charge on any atom is -0.389 e. The second-order valence-corrected chi connectivity index (χ2v) is 5.48. The number of anilines is 1. The second-order valence-electron chi connectivity index (χ2n) is 3.47. The topological polar surface area (TPSA) is 57.6 Å². The van der Waals surface area contributed by atoms with Gasteiger partial charge in [-0.3, -0.25) is 4.31 Å². The number of benzene rings is 1. The van der Waals surface area contributed by atoms with E-state index < -0.39 is 16.1 Å². The quantitative estimate of drug-likeness (QED) is 0.845. The van der Waals surface area contributed by atoms with E-state index >= 15 is 0 Å². The highest BCUT2D eigenvalue weighted by atomic mass is 32.2. The molecule has 0 aliphatic rings. The lowest BCUT2D eigenvalue weighted by atomic mass is 10.1. The summed E-state index contributed by atoms with van der Waals surface area (Å²) in [6.45, 7) is 1.61. The number of hydrogen-bond donors (Lipinski definition) is 1. The van der Waals surface area contributed by atoms with Crippen molar-refractivity contribution in [1.82, 2.24) is 0 Å². The van der Waals surface area contributed by atoms with Gasteiger partial charge in [-0.15, -0.1) is 0 Å². The summed E-state index contributed by atoms with van der Waals surface area (Å²) >= 11 is 0. The number of hydrogen-bond acceptors (Lipinski definition) is 3. The Morgan fingerprint density at radius 2 is 1.87 bits per heavy atom. The van der Waals surface area contributed by atoms with Gasteiger partial charge >= 0.3 is 0 Å². The molecule has 0 heterocycles. The van der Waals surface area contributed by atoms with Crippen LogP contribution in [0.25, 0.3) is 0 Å². The lowest BCUT2D eigenvalue weighted by molar-refractivity contribution is 0.200. The molecule has 5 heteroatoms. The van der Waals surface area contributed by atoms with E-state index in [0.29, 0.717) is 11.3 Å². The molecule has 0 radical (unpaired) electrons. The maximum absolute atomic E-state index is 11.4. The van der Waals surface area contributed by atoms with Gasteiger partial charge in [0.05, 0.1) is 18.0 Å². The van der Waals surface area contributed by atoms with Crippen LogP contribution >= 0.6 is 0 Å². The van der Waals surface area contributed by atoms with Crippen LogP contribution in [0.5, 0.6) is 0 Å². The van der Waals surface area contributed by atoms with Crippen molar-refractivity contribution in [2.24, 2.45) is 0 Å². The molecule has 84 valence electrons. The molecular weight excluding hydrogens is 214 g/mol. The molecule has 15 heavy (non-hydrogen) atoms. The third-order valence-corrected chi connectivity index (χ3v) is 3.42. The molecule has 1 unspecified atom stereocenters. The minimum atomic E-state index is -3.29. The van der Waals surface area contributed by atoms with Gasteiger partial charge in [-0.25, -0.2) is 8.42 Å². The fourth-order valence-corrected chi connectivity index (χ4v) is 1.83. The Kier molecular flexibility index (Phi) is 3.36. The van der Waals surface area contributed by atoms with E-state index in [2.05, 4.69) is 0 Å². The van der Waals surface area contributed by atoms with Crippen molar-refractivity contribution < 1.29 is 13.5 Å². The molecule has 0 aromatic heterocycles. The lowest BCUT2D eigenvalue weighted by Gasteiger charge is -2.21. The van der Waals surface area contributed by atoms with Gasteiger partial charge in [-0.2, -0.15) is 0 Å². The summed E-state index contributed by atoms with van der Waals surface area (Å²) in [4.78, 5) is 0. The van der Waals surface area contributed by atoms with Crippen LogP contribution < -0.4 is 4.31 Å². The van der Waals surface area contributed by atoms with Gasteiger partial charge in [0, 0.05) is 12.6 Å². The van der Waals surface area contributed by atoms with Crippen LogP contribution in [-0.4, -0.2) is 26.8 Å². The molecule has 0 aliphatic heterocycles. The predicted octanol–water partition coefficient (Wildman–Crippen LogP) is 1.14. The number of para-hydroxylation sites is 1. The summed E-state index contributed by atoms with van der Waals surface area (Å²) in [7, 11) is -1.82. The lowest BCUT2D eigenvalue weighted by Crippen LogP contribution is -2.26. The first-order valence-corrected chi connectivity index (χ1v) is 6.39. The van der Waals surface area contributed by atoms with Gasteiger partial charge in [0.1, 0.15) is 0 Å². The average molecular weight is 229 g/mol. The van der Waals surface area contributed by atoms with Gasteiger partial charge < -0.3 is 5.11 Å². The monoisotopic (exact) mass is 229 g/mol. The molecule has 0 aliphatic carbocycles. The Bertz CT molecular complexity index is 440. The number of sulfonamides is 1. The highest BCUT2D eigenvalue weighted by molar-refractivity contribution is 7.92. The molecule has 0 bridgehead atoms. The Morgan fingerprint density at radius 1 is 1.33 bits per heavy atom. The van der Waals surface area contributed by atoms with Crippen molar-refractivity contribution in [3.05, 3.63) is 29.8 Å². The summed E-state index contributed by atoms with van der Waals surface area (Å²) in [6, 6.07) is 6.88. The zero-order chi connectivity index (χ0) is 11.6. The molecule has 0 spiro atoms. The summed E-state index contributed by atoms with van der Waals surface area (Å²) in [6.07, 6.45) is 0.441. The number of nitrogens with zero attached hydrogens (tertiary/aromatic N) is 1. The third-order valence-electron chi connectivity index (χ3n) is 2.22. The molecule has 1 aromatic carbocycles. The molecule has 0 amide bonds. The van der Waals surface area contributed by atoms with Crippen LogP contribution in [0, 0.1) is 0 Å². The van der Waals surface area contributed by atoms with E-state index in [1.165, 1.54) is 7.05 Å². The smallest absolute Gasteiger partial charge is 0.232 e. The van der Waals surface area contributed by atoms with Crippen molar-refractivity contribution >= 4 is 15.7 Å². The first-order chi connectivity index (χ1) is 6.84. The SMILES string of the molecule is CC(O)c1ccccc1N(C)S(C)(=O)=O. The Labute approximate surface area is 90.2 Å². The van der Waals surface area contributed by atoms with Crippen molar-refractivity contribution in [3.8, 4) is 0 Å². The number of aliphatic hydroxyl groups excluding tert-OH is 1. The van der Waals surface area contributed by atoms with E-state index in [4.69, 9.17) is 0 Å². The van der Waals surface area contributed by atoms with Crippen LogP contribution in [-0.2, 0) is 10.0 Å². The predicted molar refractivity (Wildman–Crippen MR) is 60.3 cm³/mol. The highest BCUT2D eigenvalue weighted by Gasteiger charge is 2.17. The first-order valence-electron chi connectivity index (χ1n) is 4.55. The van der Waals surface area contributed by atoms with Crippen LogP contribution in [0.15, 0.2) is 24.3 Å². The molecule has 0 saturated carbocycles. The van der Waals surface area contributed by atoms with Crippen molar-refractivity contribution in [2.45, 2.75) is 13.0 Å². The van der Waals surface area contributed by atoms with Crippen LogP contribution in [0.4, 0.5) is 5.69 Å². The minimum absolute atomic E-state index is 0.509. The Balaban J connectivity index is 3.26. The third kappa shape index (κ3) is 2.70. The van der Waals surface area contributed by atoms with E-state index in [1.807, 2.05) is 0 Å². The van der Waals surface area contributed by atoms with E-state index in [0.717, 1.165) is 10.6 Å². The van der Waals surface area contributed by atoms with E-state index in [1.54, 1.807) is 31.2 Å². The van der Waals surface area contributed by atoms with Gasteiger partial charge in [-0.1, -0.05) is 18.2 Å². The average Bonchev–Trinajstić information content (AvgIpc) is 2.15. The van der Waals surface area contributed by atoms with Gasteiger partial charge in [0.15, 0.2) is 0 Å². The fourth-order valence-electron chi connectivity index (χ4n) is 1.31. The maximum Gasteiger partial charge on any atom is 0.232 e. The molecule has 1 aromatic rings. The van der Waals surface area contributed by atoms with Gasteiger partial charge in [0.25, 0.3) is 0 Å². The normalized spacial score (nSPS) is 13.6. The number of rotatable bonds is 3. The molecular formula is C10H15NO3S. The van der Waals surface area contributed by atoms with Crippen molar-refractivity contribution in [1.29, 1.82) is 0 Å². The van der Waals surface area contributed by atoms with Crippen molar-refractivity contribution in [2.75, 3.05) is 17.6 Å². The van der Waals surface area contributed by atoms with Gasteiger partial charge in [0.2, 0.25) is 10.0 Å². The Hall–Kier alpha value is -1.07. The summed E-state index contributed by atoms with van der Waals surface area (Å²) in [5.41, 5.74) is 1.11. The largest absolute Gasteiger partial charge is 0.389 e. The zero-order valence-electron chi connectivity index (χ0n) is 9.01. The van der Waals surface area contributed by atoms with Crippen LogP contribution in [0.1, 0.15) is 18.6 Å². The summed E-state index contributed by atoms with van der Waals surface area (Å²) in [5, 5.41) is 9.50. The Morgan fingerprint density at radius 3 is 2.33 bits per heavy atom. The van der Waals surface area contributed by atoms with Gasteiger partial charge in [-0.05, 0) is 13.0 Å². The van der Waals surface area contributed by atoms with E-state index in [-0.39, 0.29) is 0 Å². The summed E-state index contributed by atoms with van der Waals surface area (Å²) < 4.78 is 23.9. The first kappa shape index (κ1) is 12.0. The molecule has 4 nitrogen and oxygen atoms in total. The fraction of sp³-hybridized carbons (Fsp3) is 0.400. The van der Waals surface area contributed by atoms with Crippen LogP contribution in [0.2, 0.25) is 0 Å². The number of aliphatic hydroxyl groups is 1. The highest BCUT2D eigenvalue weighted by Crippen LogP contribution is 2.26.